The van der Waals surface area contributed by atoms with Crippen molar-refractivity contribution in [3.8, 4) is 0 Å². The van der Waals surface area contributed by atoms with Crippen LogP contribution in [0, 0.1) is 11.3 Å². The summed E-state index contributed by atoms with van der Waals surface area (Å²) in [5.74, 6) is 0.803. The molecule has 0 fully saturated rings. The molecule has 0 saturated carbocycles. The van der Waals surface area contributed by atoms with Crippen LogP contribution in [0.5, 0.6) is 0 Å². The minimum Gasteiger partial charge on any atom is -0.314 e. The Morgan fingerprint density at radius 2 is 1.75 bits per heavy atom. The maximum absolute atomic E-state index is 3.53. The molecule has 0 aliphatic carbocycles. The van der Waals surface area contributed by atoms with Crippen molar-refractivity contribution in [3.63, 3.8) is 0 Å². The summed E-state index contributed by atoms with van der Waals surface area (Å²) in [6.45, 7) is 17.2. The van der Waals surface area contributed by atoms with Gasteiger partial charge in [0.25, 0.3) is 0 Å². The number of rotatable bonds is 8. The van der Waals surface area contributed by atoms with Crippen molar-refractivity contribution >= 4 is 0 Å². The summed E-state index contributed by atoms with van der Waals surface area (Å²) in [5, 5.41) is 3.53. The number of hydrogen-bond donors (Lipinski definition) is 1. The number of hydrogen-bond acceptors (Lipinski definition) is 2. The summed E-state index contributed by atoms with van der Waals surface area (Å²) in [7, 11) is 2.24. The van der Waals surface area contributed by atoms with Crippen LogP contribution in [0.3, 0.4) is 0 Å². The summed E-state index contributed by atoms with van der Waals surface area (Å²) in [6.07, 6.45) is 1.29. The fraction of sp³-hybridized carbons (Fsp3) is 1.00. The first kappa shape index (κ1) is 15.9. The van der Waals surface area contributed by atoms with Gasteiger partial charge in [-0.3, -0.25) is 0 Å². The first-order valence-electron chi connectivity index (χ1n) is 6.71. The predicted octanol–water partition coefficient (Wildman–Crippen LogP) is 2.99. The Morgan fingerprint density at radius 1 is 1.19 bits per heavy atom. The van der Waals surface area contributed by atoms with Crippen LogP contribution in [0.15, 0.2) is 0 Å². The predicted molar refractivity (Wildman–Crippen MR) is 73.9 cm³/mol. The third kappa shape index (κ3) is 6.49. The normalized spacial score (nSPS) is 14.8. The monoisotopic (exact) mass is 228 g/mol. The van der Waals surface area contributed by atoms with Gasteiger partial charge >= 0.3 is 0 Å². The molecule has 0 aliphatic rings. The van der Waals surface area contributed by atoms with Crippen molar-refractivity contribution < 1.29 is 0 Å². The average molecular weight is 228 g/mol. The zero-order valence-electron chi connectivity index (χ0n) is 12.4. The van der Waals surface area contributed by atoms with Crippen LogP contribution in [0.4, 0.5) is 0 Å². The smallest absolute Gasteiger partial charge is 0.0102 e. The minimum absolute atomic E-state index is 0.335. The van der Waals surface area contributed by atoms with Gasteiger partial charge in [-0.25, -0.2) is 0 Å². The molecule has 16 heavy (non-hydrogen) atoms. The van der Waals surface area contributed by atoms with Crippen molar-refractivity contribution in [2.75, 3.05) is 26.7 Å². The van der Waals surface area contributed by atoms with E-state index in [2.05, 4.69) is 58.8 Å². The van der Waals surface area contributed by atoms with Crippen molar-refractivity contribution in [2.45, 2.75) is 54.0 Å². The van der Waals surface area contributed by atoms with Crippen LogP contribution >= 0.6 is 0 Å². The largest absolute Gasteiger partial charge is 0.314 e. The van der Waals surface area contributed by atoms with Crippen LogP contribution in [0.25, 0.3) is 0 Å². The summed E-state index contributed by atoms with van der Waals surface area (Å²) >= 11 is 0. The first-order valence-corrected chi connectivity index (χ1v) is 6.71. The van der Waals surface area contributed by atoms with Gasteiger partial charge in [0.05, 0.1) is 0 Å². The SMILES string of the molecule is CCNC(C)C(C)(C)CN(C)CCC(C)C. The molecule has 0 aromatic carbocycles. The molecular formula is C14H32N2. The lowest BCUT2D eigenvalue weighted by molar-refractivity contribution is 0.161. The molecule has 1 N–H and O–H groups in total. The van der Waals surface area contributed by atoms with Crippen LogP contribution in [0.1, 0.15) is 48.0 Å². The van der Waals surface area contributed by atoms with Gasteiger partial charge in [-0.05, 0) is 44.8 Å². The maximum atomic E-state index is 3.53. The van der Waals surface area contributed by atoms with E-state index in [-0.39, 0.29) is 0 Å². The third-order valence-electron chi connectivity index (χ3n) is 3.45. The van der Waals surface area contributed by atoms with Crippen LogP contribution in [-0.2, 0) is 0 Å². The Hall–Kier alpha value is -0.0800. The van der Waals surface area contributed by atoms with Gasteiger partial charge in [0.2, 0.25) is 0 Å². The van der Waals surface area contributed by atoms with Gasteiger partial charge < -0.3 is 10.2 Å². The quantitative estimate of drug-likeness (QED) is 0.687. The molecule has 1 unspecified atom stereocenters. The van der Waals surface area contributed by atoms with Gasteiger partial charge in [-0.15, -0.1) is 0 Å². The molecule has 0 saturated heterocycles. The second-order valence-electron chi connectivity index (χ2n) is 6.19. The fourth-order valence-corrected chi connectivity index (χ4v) is 1.97. The Labute approximate surface area is 103 Å². The highest BCUT2D eigenvalue weighted by molar-refractivity contribution is 4.82. The van der Waals surface area contributed by atoms with E-state index in [0.717, 1.165) is 19.0 Å². The van der Waals surface area contributed by atoms with E-state index < -0.39 is 0 Å². The average Bonchev–Trinajstić information content (AvgIpc) is 2.14. The number of nitrogens with one attached hydrogen (secondary N) is 1. The van der Waals surface area contributed by atoms with Crippen LogP contribution in [-0.4, -0.2) is 37.6 Å². The maximum Gasteiger partial charge on any atom is 0.0102 e. The summed E-state index contributed by atoms with van der Waals surface area (Å²) in [5.41, 5.74) is 0.335. The van der Waals surface area contributed by atoms with Crippen molar-refractivity contribution in [3.05, 3.63) is 0 Å². The highest BCUT2D eigenvalue weighted by Crippen LogP contribution is 2.21. The molecular weight excluding hydrogens is 196 g/mol. The summed E-state index contributed by atoms with van der Waals surface area (Å²) < 4.78 is 0. The molecule has 0 rings (SSSR count). The van der Waals surface area contributed by atoms with Crippen molar-refractivity contribution in [2.24, 2.45) is 11.3 Å². The molecule has 1 atom stereocenters. The van der Waals surface area contributed by atoms with Gasteiger partial charge in [0.15, 0.2) is 0 Å². The molecule has 0 aliphatic heterocycles. The molecule has 2 heteroatoms. The Balaban J connectivity index is 4.03. The summed E-state index contributed by atoms with van der Waals surface area (Å²) in [6, 6.07) is 0.569. The molecule has 0 amide bonds. The lowest BCUT2D eigenvalue weighted by Gasteiger charge is -2.36. The third-order valence-corrected chi connectivity index (χ3v) is 3.45. The second-order valence-corrected chi connectivity index (χ2v) is 6.19. The van der Waals surface area contributed by atoms with E-state index in [0.29, 0.717) is 11.5 Å². The fourth-order valence-electron chi connectivity index (χ4n) is 1.97. The van der Waals surface area contributed by atoms with Crippen molar-refractivity contribution in [1.29, 1.82) is 0 Å². The summed E-state index contributed by atoms with van der Waals surface area (Å²) in [4.78, 5) is 2.47. The zero-order chi connectivity index (χ0) is 12.8. The van der Waals surface area contributed by atoms with E-state index in [1.54, 1.807) is 0 Å². The van der Waals surface area contributed by atoms with Crippen LogP contribution in [0.2, 0.25) is 0 Å². The van der Waals surface area contributed by atoms with E-state index >= 15 is 0 Å². The minimum atomic E-state index is 0.335. The second kappa shape index (κ2) is 7.29. The van der Waals surface area contributed by atoms with E-state index in [4.69, 9.17) is 0 Å². The molecule has 0 spiro atoms. The Bertz CT molecular complexity index is 176. The van der Waals surface area contributed by atoms with Gasteiger partial charge in [0, 0.05) is 12.6 Å². The van der Waals surface area contributed by atoms with E-state index in [1.807, 2.05) is 0 Å². The first-order chi connectivity index (χ1) is 7.29. The molecule has 0 heterocycles. The standard InChI is InChI=1S/C14H32N2/c1-8-15-13(4)14(5,6)11-16(7)10-9-12(2)3/h12-13,15H,8-11H2,1-7H3. The Kier molecular flexibility index (Phi) is 7.25. The molecule has 98 valence electrons. The zero-order valence-corrected chi connectivity index (χ0v) is 12.4. The van der Waals surface area contributed by atoms with Crippen LogP contribution < -0.4 is 5.32 Å². The van der Waals surface area contributed by atoms with Gasteiger partial charge in [0.1, 0.15) is 0 Å². The Morgan fingerprint density at radius 3 is 2.19 bits per heavy atom. The highest BCUT2D eigenvalue weighted by atomic mass is 15.1. The lowest BCUT2D eigenvalue weighted by Crippen LogP contribution is -2.46. The highest BCUT2D eigenvalue weighted by Gasteiger charge is 2.26. The van der Waals surface area contributed by atoms with Gasteiger partial charge in [-0.1, -0.05) is 34.6 Å². The molecule has 0 aromatic heterocycles. The van der Waals surface area contributed by atoms with Gasteiger partial charge in [-0.2, -0.15) is 0 Å². The van der Waals surface area contributed by atoms with E-state index in [9.17, 15) is 0 Å². The lowest BCUT2D eigenvalue weighted by atomic mass is 9.84. The molecule has 0 aromatic rings. The molecule has 0 bridgehead atoms. The molecule has 2 nitrogen and oxygen atoms in total. The van der Waals surface area contributed by atoms with Crippen molar-refractivity contribution in [1.82, 2.24) is 10.2 Å². The number of nitrogens with zero attached hydrogens (tertiary/aromatic N) is 1. The topological polar surface area (TPSA) is 15.3 Å². The molecule has 0 radical (unpaired) electrons. The van der Waals surface area contributed by atoms with E-state index in [1.165, 1.54) is 13.0 Å².